The molecule has 2 N–H and O–H groups in total. The van der Waals surface area contributed by atoms with E-state index in [-0.39, 0.29) is 0 Å². The van der Waals surface area contributed by atoms with Crippen molar-refractivity contribution in [2.45, 2.75) is 0 Å². The highest BCUT2D eigenvalue weighted by Crippen LogP contribution is 2.19. The van der Waals surface area contributed by atoms with E-state index in [2.05, 4.69) is 15.0 Å². The number of hydrogen-bond donors (Lipinski definition) is 1. The van der Waals surface area contributed by atoms with Crippen molar-refractivity contribution in [1.29, 1.82) is 0 Å². The molecule has 82 valence electrons. The fourth-order valence-corrected chi connectivity index (χ4v) is 1.67. The van der Waals surface area contributed by atoms with Crippen LogP contribution in [0.2, 0.25) is 0 Å². The van der Waals surface area contributed by atoms with Gasteiger partial charge in [0.15, 0.2) is 5.82 Å². The molecule has 4 heteroatoms. The standard InChI is InChI=1S/C13H10N4/c14-11-4-3-9-8-16-13(17-12(9)6-11)10-2-1-5-15-7-10/h1-8H,14H2. The van der Waals surface area contributed by atoms with Gasteiger partial charge in [-0.2, -0.15) is 0 Å². The number of pyridine rings is 1. The second kappa shape index (κ2) is 3.83. The van der Waals surface area contributed by atoms with Gasteiger partial charge in [0.05, 0.1) is 5.52 Å². The van der Waals surface area contributed by atoms with Crippen LogP contribution in [0, 0.1) is 0 Å². The molecule has 0 spiro atoms. The highest BCUT2D eigenvalue weighted by atomic mass is 14.9. The van der Waals surface area contributed by atoms with Crippen molar-refractivity contribution >= 4 is 16.6 Å². The van der Waals surface area contributed by atoms with Crippen LogP contribution in [-0.4, -0.2) is 15.0 Å². The second-order valence-corrected chi connectivity index (χ2v) is 3.75. The zero-order chi connectivity index (χ0) is 11.7. The monoisotopic (exact) mass is 222 g/mol. The third-order valence-corrected chi connectivity index (χ3v) is 2.53. The van der Waals surface area contributed by atoms with Gasteiger partial charge in [-0.05, 0) is 30.3 Å². The minimum Gasteiger partial charge on any atom is -0.399 e. The molecule has 1 aromatic carbocycles. The van der Waals surface area contributed by atoms with E-state index in [4.69, 9.17) is 5.73 Å². The molecule has 0 aliphatic rings. The summed E-state index contributed by atoms with van der Waals surface area (Å²) < 4.78 is 0. The molecular weight excluding hydrogens is 212 g/mol. The van der Waals surface area contributed by atoms with E-state index >= 15 is 0 Å². The van der Waals surface area contributed by atoms with Crippen LogP contribution in [0.4, 0.5) is 5.69 Å². The molecule has 0 saturated heterocycles. The maximum Gasteiger partial charge on any atom is 0.161 e. The number of fused-ring (bicyclic) bond motifs is 1. The third kappa shape index (κ3) is 1.80. The summed E-state index contributed by atoms with van der Waals surface area (Å²) in [4.78, 5) is 12.8. The summed E-state index contributed by atoms with van der Waals surface area (Å²) in [6, 6.07) is 9.40. The Labute approximate surface area is 98.2 Å². The van der Waals surface area contributed by atoms with Gasteiger partial charge in [-0.1, -0.05) is 0 Å². The van der Waals surface area contributed by atoms with Crippen molar-refractivity contribution in [3.05, 3.63) is 48.9 Å². The number of nitrogen functional groups attached to an aromatic ring is 1. The van der Waals surface area contributed by atoms with E-state index < -0.39 is 0 Å². The lowest BCUT2D eigenvalue weighted by Gasteiger charge is -2.02. The molecule has 3 rings (SSSR count). The summed E-state index contributed by atoms with van der Waals surface area (Å²) in [6.45, 7) is 0. The Morgan fingerprint density at radius 1 is 1.06 bits per heavy atom. The largest absolute Gasteiger partial charge is 0.399 e. The summed E-state index contributed by atoms with van der Waals surface area (Å²) in [5.41, 5.74) is 8.19. The summed E-state index contributed by atoms with van der Waals surface area (Å²) in [5.74, 6) is 0.663. The molecule has 0 unspecified atom stereocenters. The van der Waals surface area contributed by atoms with Crippen LogP contribution in [-0.2, 0) is 0 Å². The Kier molecular flexibility index (Phi) is 2.19. The summed E-state index contributed by atoms with van der Waals surface area (Å²) in [7, 11) is 0. The van der Waals surface area contributed by atoms with Crippen LogP contribution in [0.15, 0.2) is 48.9 Å². The molecule has 3 aromatic rings. The third-order valence-electron chi connectivity index (χ3n) is 2.53. The van der Waals surface area contributed by atoms with Crippen LogP contribution in [0.25, 0.3) is 22.3 Å². The predicted molar refractivity (Wildman–Crippen MR) is 67.2 cm³/mol. The molecule has 0 saturated carbocycles. The minimum atomic E-state index is 0.663. The first-order valence-electron chi connectivity index (χ1n) is 5.25. The molecule has 0 radical (unpaired) electrons. The number of aromatic nitrogens is 3. The Balaban J connectivity index is 2.19. The molecule has 4 nitrogen and oxygen atoms in total. The zero-order valence-corrected chi connectivity index (χ0v) is 9.04. The maximum atomic E-state index is 5.74. The molecule has 0 fully saturated rings. The lowest BCUT2D eigenvalue weighted by Crippen LogP contribution is -1.91. The van der Waals surface area contributed by atoms with Crippen LogP contribution < -0.4 is 5.73 Å². The van der Waals surface area contributed by atoms with Crippen LogP contribution in [0.5, 0.6) is 0 Å². The van der Waals surface area contributed by atoms with Gasteiger partial charge < -0.3 is 5.73 Å². The Bertz CT molecular complexity index is 665. The second-order valence-electron chi connectivity index (χ2n) is 3.75. The Morgan fingerprint density at radius 3 is 2.82 bits per heavy atom. The average Bonchev–Trinajstić information content (AvgIpc) is 2.39. The Hall–Kier alpha value is -2.49. The van der Waals surface area contributed by atoms with Gasteiger partial charge in [0.1, 0.15) is 0 Å². The lowest BCUT2D eigenvalue weighted by molar-refractivity contribution is 1.21. The van der Waals surface area contributed by atoms with E-state index in [1.807, 2.05) is 30.3 Å². The number of benzene rings is 1. The summed E-state index contributed by atoms with van der Waals surface area (Å²) in [5, 5.41) is 0.979. The first kappa shape index (κ1) is 9.72. The SMILES string of the molecule is Nc1ccc2cnc(-c3cccnc3)nc2c1. The van der Waals surface area contributed by atoms with Gasteiger partial charge in [-0.15, -0.1) is 0 Å². The summed E-state index contributed by atoms with van der Waals surface area (Å²) >= 11 is 0. The zero-order valence-electron chi connectivity index (χ0n) is 9.04. The summed E-state index contributed by atoms with van der Waals surface area (Å²) in [6.07, 6.45) is 5.26. The van der Waals surface area contributed by atoms with Crippen molar-refractivity contribution < 1.29 is 0 Å². The molecular formula is C13H10N4. The molecule has 0 aliphatic heterocycles. The molecule has 2 heterocycles. The van der Waals surface area contributed by atoms with Gasteiger partial charge in [0, 0.05) is 35.2 Å². The molecule has 0 bridgehead atoms. The average molecular weight is 222 g/mol. The van der Waals surface area contributed by atoms with Gasteiger partial charge in [-0.25, -0.2) is 9.97 Å². The van der Waals surface area contributed by atoms with E-state index in [0.29, 0.717) is 11.5 Å². The number of anilines is 1. The van der Waals surface area contributed by atoms with Gasteiger partial charge in [0.2, 0.25) is 0 Å². The van der Waals surface area contributed by atoms with E-state index in [9.17, 15) is 0 Å². The van der Waals surface area contributed by atoms with Crippen molar-refractivity contribution in [2.24, 2.45) is 0 Å². The first-order valence-corrected chi connectivity index (χ1v) is 5.25. The van der Waals surface area contributed by atoms with E-state index in [1.54, 1.807) is 18.6 Å². The van der Waals surface area contributed by atoms with E-state index in [0.717, 1.165) is 16.5 Å². The van der Waals surface area contributed by atoms with Crippen LogP contribution in [0.1, 0.15) is 0 Å². The lowest BCUT2D eigenvalue weighted by atomic mass is 10.2. The molecule has 2 aromatic heterocycles. The minimum absolute atomic E-state index is 0.663. The molecule has 17 heavy (non-hydrogen) atoms. The number of rotatable bonds is 1. The highest BCUT2D eigenvalue weighted by molar-refractivity contribution is 5.82. The van der Waals surface area contributed by atoms with E-state index in [1.165, 1.54) is 0 Å². The molecule has 0 aliphatic carbocycles. The predicted octanol–water partition coefficient (Wildman–Crippen LogP) is 2.27. The van der Waals surface area contributed by atoms with Crippen molar-refractivity contribution in [1.82, 2.24) is 15.0 Å². The fraction of sp³-hybridized carbons (Fsp3) is 0. The van der Waals surface area contributed by atoms with Gasteiger partial charge >= 0.3 is 0 Å². The van der Waals surface area contributed by atoms with Crippen LogP contribution in [0.3, 0.4) is 0 Å². The van der Waals surface area contributed by atoms with Gasteiger partial charge in [-0.3, -0.25) is 4.98 Å². The first-order chi connectivity index (χ1) is 8.33. The number of nitrogens with zero attached hydrogens (tertiary/aromatic N) is 3. The Morgan fingerprint density at radius 2 is 2.00 bits per heavy atom. The fourth-order valence-electron chi connectivity index (χ4n) is 1.67. The quantitative estimate of drug-likeness (QED) is 0.641. The van der Waals surface area contributed by atoms with Crippen LogP contribution >= 0.6 is 0 Å². The maximum absolute atomic E-state index is 5.74. The molecule has 0 atom stereocenters. The molecule has 0 amide bonds. The highest BCUT2D eigenvalue weighted by Gasteiger charge is 2.02. The van der Waals surface area contributed by atoms with Crippen molar-refractivity contribution in [3.63, 3.8) is 0 Å². The number of nitrogens with two attached hydrogens (primary N) is 1. The van der Waals surface area contributed by atoms with Crippen molar-refractivity contribution in [2.75, 3.05) is 5.73 Å². The van der Waals surface area contributed by atoms with Gasteiger partial charge in [0.25, 0.3) is 0 Å². The topological polar surface area (TPSA) is 64.7 Å². The smallest absolute Gasteiger partial charge is 0.161 e. The number of hydrogen-bond acceptors (Lipinski definition) is 4. The normalized spacial score (nSPS) is 10.6. The van der Waals surface area contributed by atoms with Crippen molar-refractivity contribution in [3.8, 4) is 11.4 Å².